The van der Waals surface area contributed by atoms with Crippen LogP contribution in [0.5, 0.6) is 5.75 Å². The summed E-state index contributed by atoms with van der Waals surface area (Å²) < 4.78 is 5.72. The van der Waals surface area contributed by atoms with E-state index in [0.29, 0.717) is 17.3 Å². The summed E-state index contributed by atoms with van der Waals surface area (Å²) in [4.78, 5) is 0. The van der Waals surface area contributed by atoms with Gasteiger partial charge in [-0.15, -0.1) is 0 Å². The molecule has 0 radical (unpaired) electrons. The zero-order chi connectivity index (χ0) is 13.7. The van der Waals surface area contributed by atoms with Gasteiger partial charge in [-0.2, -0.15) is 0 Å². The highest BCUT2D eigenvalue weighted by molar-refractivity contribution is 6.31. The summed E-state index contributed by atoms with van der Waals surface area (Å²) in [7, 11) is 0. The van der Waals surface area contributed by atoms with Crippen molar-refractivity contribution in [1.82, 2.24) is 0 Å². The molecular formula is C16H18ClNO. The van der Waals surface area contributed by atoms with Crippen LogP contribution in [-0.4, -0.2) is 0 Å². The third-order valence-electron chi connectivity index (χ3n) is 3.00. The molecule has 19 heavy (non-hydrogen) atoms. The molecule has 0 aromatic heterocycles. The molecule has 100 valence electrons. The van der Waals surface area contributed by atoms with Gasteiger partial charge in [0.1, 0.15) is 12.4 Å². The number of benzene rings is 2. The van der Waals surface area contributed by atoms with E-state index in [2.05, 4.69) is 19.1 Å². The van der Waals surface area contributed by atoms with Crippen LogP contribution in [0.15, 0.2) is 42.5 Å². The molecule has 0 aliphatic rings. The molecule has 2 nitrogen and oxygen atoms in total. The first-order valence-corrected chi connectivity index (χ1v) is 6.83. The molecule has 0 unspecified atom stereocenters. The lowest BCUT2D eigenvalue weighted by molar-refractivity contribution is 0.307. The molecule has 0 heterocycles. The van der Waals surface area contributed by atoms with Gasteiger partial charge < -0.3 is 10.5 Å². The maximum absolute atomic E-state index is 6.10. The lowest BCUT2D eigenvalue weighted by Gasteiger charge is -2.10. The minimum absolute atomic E-state index is 0.388. The molecule has 0 saturated heterocycles. The summed E-state index contributed by atoms with van der Waals surface area (Å²) in [5.41, 5.74) is 8.71. The molecule has 2 aromatic carbocycles. The largest absolute Gasteiger partial charge is 0.489 e. The second kappa shape index (κ2) is 6.48. The molecule has 2 aromatic rings. The second-order valence-corrected chi connectivity index (χ2v) is 4.90. The van der Waals surface area contributed by atoms with Gasteiger partial charge in [0, 0.05) is 16.3 Å². The Kier molecular flexibility index (Phi) is 4.69. The van der Waals surface area contributed by atoms with Crippen molar-refractivity contribution in [3.63, 3.8) is 0 Å². The van der Waals surface area contributed by atoms with Gasteiger partial charge in [0.25, 0.3) is 0 Å². The highest BCUT2D eigenvalue weighted by atomic mass is 35.5. The van der Waals surface area contributed by atoms with E-state index in [-0.39, 0.29) is 0 Å². The SMILES string of the molecule is CCCc1ccc(OCc2c(N)cccc2Cl)cc1. The first-order valence-electron chi connectivity index (χ1n) is 6.45. The van der Waals surface area contributed by atoms with Crippen molar-refractivity contribution in [1.29, 1.82) is 0 Å². The van der Waals surface area contributed by atoms with Crippen LogP contribution in [0.3, 0.4) is 0 Å². The molecule has 0 aliphatic heterocycles. The van der Waals surface area contributed by atoms with Gasteiger partial charge in [0.05, 0.1) is 0 Å². The smallest absolute Gasteiger partial charge is 0.119 e. The summed E-state index contributed by atoms with van der Waals surface area (Å²) in [6.45, 7) is 2.56. The number of aryl methyl sites for hydroxylation is 1. The van der Waals surface area contributed by atoms with E-state index in [1.54, 1.807) is 0 Å². The maximum atomic E-state index is 6.10. The molecule has 0 aliphatic carbocycles. The second-order valence-electron chi connectivity index (χ2n) is 4.49. The first-order chi connectivity index (χ1) is 9.20. The Morgan fingerprint density at radius 3 is 2.47 bits per heavy atom. The van der Waals surface area contributed by atoms with Crippen LogP contribution in [0.2, 0.25) is 5.02 Å². The zero-order valence-electron chi connectivity index (χ0n) is 11.0. The maximum Gasteiger partial charge on any atom is 0.119 e. The lowest BCUT2D eigenvalue weighted by atomic mass is 10.1. The van der Waals surface area contributed by atoms with Gasteiger partial charge in [-0.05, 0) is 36.2 Å². The van der Waals surface area contributed by atoms with E-state index in [4.69, 9.17) is 22.1 Å². The molecule has 0 saturated carbocycles. The highest BCUT2D eigenvalue weighted by Gasteiger charge is 2.05. The molecule has 0 fully saturated rings. The Labute approximate surface area is 119 Å². The fourth-order valence-corrected chi connectivity index (χ4v) is 2.16. The summed E-state index contributed by atoms with van der Waals surface area (Å²) >= 11 is 6.10. The molecule has 0 spiro atoms. The van der Waals surface area contributed by atoms with Crippen LogP contribution in [0.1, 0.15) is 24.5 Å². The molecule has 0 atom stereocenters. The highest BCUT2D eigenvalue weighted by Crippen LogP contribution is 2.24. The van der Waals surface area contributed by atoms with Crippen LogP contribution < -0.4 is 10.5 Å². The van der Waals surface area contributed by atoms with Crippen LogP contribution >= 0.6 is 11.6 Å². The first kappa shape index (κ1) is 13.8. The Hall–Kier alpha value is -1.67. The normalized spacial score (nSPS) is 10.4. The molecule has 0 amide bonds. The predicted octanol–water partition coefficient (Wildman–Crippen LogP) is 4.45. The zero-order valence-corrected chi connectivity index (χ0v) is 11.8. The number of nitrogen functional groups attached to an aromatic ring is 1. The Morgan fingerprint density at radius 1 is 1.11 bits per heavy atom. The third kappa shape index (κ3) is 3.65. The number of ether oxygens (including phenoxy) is 1. The average Bonchev–Trinajstić information content (AvgIpc) is 2.40. The van der Waals surface area contributed by atoms with E-state index in [9.17, 15) is 0 Å². The van der Waals surface area contributed by atoms with Crippen molar-refractivity contribution in [3.05, 3.63) is 58.6 Å². The minimum atomic E-state index is 0.388. The average molecular weight is 276 g/mol. The fraction of sp³-hybridized carbons (Fsp3) is 0.250. The number of anilines is 1. The van der Waals surface area contributed by atoms with Crippen molar-refractivity contribution < 1.29 is 4.74 Å². The summed E-state index contributed by atoms with van der Waals surface area (Å²) in [5.74, 6) is 0.833. The number of rotatable bonds is 5. The van der Waals surface area contributed by atoms with E-state index in [1.807, 2.05) is 30.3 Å². The summed E-state index contributed by atoms with van der Waals surface area (Å²) in [6.07, 6.45) is 2.24. The van der Waals surface area contributed by atoms with Crippen LogP contribution in [-0.2, 0) is 13.0 Å². The van der Waals surface area contributed by atoms with Crippen molar-refractivity contribution >= 4 is 17.3 Å². The van der Waals surface area contributed by atoms with Crippen LogP contribution in [0.4, 0.5) is 5.69 Å². The molecule has 3 heteroatoms. The molecule has 0 bridgehead atoms. The topological polar surface area (TPSA) is 35.2 Å². The number of hydrogen-bond donors (Lipinski definition) is 1. The molecule has 2 N–H and O–H groups in total. The quantitative estimate of drug-likeness (QED) is 0.818. The number of hydrogen-bond acceptors (Lipinski definition) is 2. The van der Waals surface area contributed by atoms with Gasteiger partial charge in [-0.25, -0.2) is 0 Å². The number of nitrogens with two attached hydrogens (primary N) is 1. The van der Waals surface area contributed by atoms with Gasteiger partial charge in [0.2, 0.25) is 0 Å². The third-order valence-corrected chi connectivity index (χ3v) is 3.35. The van der Waals surface area contributed by atoms with Gasteiger partial charge in [0.15, 0.2) is 0 Å². The summed E-state index contributed by atoms with van der Waals surface area (Å²) in [5, 5.41) is 0.641. The van der Waals surface area contributed by atoms with Crippen molar-refractivity contribution in [2.45, 2.75) is 26.4 Å². The van der Waals surface area contributed by atoms with Crippen molar-refractivity contribution in [3.8, 4) is 5.75 Å². The Bertz CT molecular complexity index is 517. The standard InChI is InChI=1S/C16H18ClNO/c1-2-4-12-7-9-13(10-8-12)19-11-14-15(17)5-3-6-16(14)18/h3,5-10H,2,4,11,18H2,1H3. The summed E-state index contributed by atoms with van der Waals surface area (Å²) in [6, 6.07) is 13.6. The van der Waals surface area contributed by atoms with Crippen LogP contribution in [0.25, 0.3) is 0 Å². The number of halogens is 1. The Balaban J connectivity index is 2.02. The van der Waals surface area contributed by atoms with Gasteiger partial charge in [-0.1, -0.05) is 43.1 Å². The van der Waals surface area contributed by atoms with E-state index in [1.165, 1.54) is 5.56 Å². The van der Waals surface area contributed by atoms with Crippen LogP contribution in [0, 0.1) is 0 Å². The predicted molar refractivity (Wildman–Crippen MR) is 80.6 cm³/mol. The van der Waals surface area contributed by atoms with E-state index >= 15 is 0 Å². The van der Waals surface area contributed by atoms with Gasteiger partial charge in [-0.3, -0.25) is 0 Å². The Morgan fingerprint density at radius 2 is 1.84 bits per heavy atom. The lowest BCUT2D eigenvalue weighted by Crippen LogP contribution is -2.01. The van der Waals surface area contributed by atoms with E-state index in [0.717, 1.165) is 24.2 Å². The van der Waals surface area contributed by atoms with Crippen molar-refractivity contribution in [2.75, 3.05) is 5.73 Å². The molecular weight excluding hydrogens is 258 g/mol. The molecule has 2 rings (SSSR count). The van der Waals surface area contributed by atoms with E-state index < -0.39 is 0 Å². The fourth-order valence-electron chi connectivity index (χ4n) is 1.92. The van der Waals surface area contributed by atoms with Gasteiger partial charge >= 0.3 is 0 Å². The van der Waals surface area contributed by atoms with Crippen molar-refractivity contribution in [2.24, 2.45) is 0 Å². The monoisotopic (exact) mass is 275 g/mol. The minimum Gasteiger partial charge on any atom is -0.489 e.